The van der Waals surface area contributed by atoms with Crippen LogP contribution in [0.3, 0.4) is 0 Å². The second-order valence-electron chi connectivity index (χ2n) is 5.74. The smallest absolute Gasteiger partial charge is 0.223 e. The number of aliphatic hydroxyl groups excluding tert-OH is 1. The topological polar surface area (TPSA) is 49.3 Å². The van der Waals surface area contributed by atoms with Gasteiger partial charge in [-0.2, -0.15) is 0 Å². The summed E-state index contributed by atoms with van der Waals surface area (Å²) in [4.78, 5) is 12.3. The summed E-state index contributed by atoms with van der Waals surface area (Å²) in [5.41, 5.74) is 2.71. The van der Waals surface area contributed by atoms with E-state index in [9.17, 15) is 4.79 Å². The Bertz CT molecular complexity index is 444. The predicted octanol–water partition coefficient (Wildman–Crippen LogP) is 2.32. The third kappa shape index (κ3) is 3.83. The molecule has 3 nitrogen and oxygen atoms in total. The first-order valence-corrected chi connectivity index (χ1v) is 7.70. The Morgan fingerprint density at radius 1 is 1.40 bits per heavy atom. The lowest BCUT2D eigenvalue weighted by Gasteiger charge is -2.24. The van der Waals surface area contributed by atoms with Gasteiger partial charge in [-0.3, -0.25) is 4.79 Å². The minimum Gasteiger partial charge on any atom is -0.396 e. The first kappa shape index (κ1) is 15.0. The monoisotopic (exact) mass is 275 g/mol. The number of amides is 1. The molecular weight excluding hydrogens is 250 g/mol. The zero-order valence-corrected chi connectivity index (χ0v) is 12.3. The van der Waals surface area contributed by atoms with Crippen molar-refractivity contribution in [2.75, 3.05) is 13.2 Å². The summed E-state index contributed by atoms with van der Waals surface area (Å²) in [6.07, 6.45) is 4.57. The number of carbonyl (C=O) groups is 1. The first-order valence-electron chi connectivity index (χ1n) is 7.70. The van der Waals surface area contributed by atoms with Crippen LogP contribution in [0.4, 0.5) is 0 Å². The van der Waals surface area contributed by atoms with Crippen molar-refractivity contribution in [1.29, 1.82) is 0 Å². The quantitative estimate of drug-likeness (QED) is 0.837. The minimum atomic E-state index is 0.108. The van der Waals surface area contributed by atoms with Crippen LogP contribution in [-0.2, 0) is 17.6 Å². The van der Waals surface area contributed by atoms with Crippen LogP contribution in [0.5, 0.6) is 0 Å². The van der Waals surface area contributed by atoms with Gasteiger partial charge in [-0.25, -0.2) is 0 Å². The number of hydrogen-bond acceptors (Lipinski definition) is 2. The summed E-state index contributed by atoms with van der Waals surface area (Å²) in [6, 6.07) is 8.42. The van der Waals surface area contributed by atoms with Crippen molar-refractivity contribution in [1.82, 2.24) is 5.32 Å². The molecule has 2 rings (SSSR count). The van der Waals surface area contributed by atoms with E-state index in [2.05, 4.69) is 30.4 Å². The Morgan fingerprint density at radius 2 is 2.15 bits per heavy atom. The van der Waals surface area contributed by atoms with E-state index in [0.29, 0.717) is 12.5 Å². The minimum absolute atomic E-state index is 0.108. The molecule has 3 heteroatoms. The van der Waals surface area contributed by atoms with Gasteiger partial charge in [0.1, 0.15) is 0 Å². The average Bonchev–Trinajstić information content (AvgIpc) is 2.50. The van der Waals surface area contributed by atoms with Crippen molar-refractivity contribution in [3.05, 3.63) is 35.4 Å². The van der Waals surface area contributed by atoms with Crippen molar-refractivity contribution in [3.8, 4) is 0 Å². The molecule has 110 valence electrons. The molecule has 20 heavy (non-hydrogen) atoms. The highest BCUT2D eigenvalue weighted by molar-refractivity contribution is 5.79. The number of rotatable bonds is 6. The third-order valence-corrected chi connectivity index (χ3v) is 4.40. The van der Waals surface area contributed by atoms with E-state index >= 15 is 0 Å². The van der Waals surface area contributed by atoms with Gasteiger partial charge in [0, 0.05) is 19.1 Å². The van der Waals surface area contributed by atoms with Gasteiger partial charge in [0.2, 0.25) is 5.91 Å². The second kappa shape index (κ2) is 7.44. The highest BCUT2D eigenvalue weighted by Gasteiger charge is 2.24. The maximum absolute atomic E-state index is 12.3. The maximum atomic E-state index is 12.3. The van der Waals surface area contributed by atoms with Gasteiger partial charge in [0.05, 0.1) is 0 Å². The lowest BCUT2D eigenvalue weighted by molar-refractivity contribution is -0.125. The van der Waals surface area contributed by atoms with Crippen LogP contribution in [0.1, 0.15) is 37.3 Å². The van der Waals surface area contributed by atoms with Gasteiger partial charge < -0.3 is 10.4 Å². The lowest BCUT2D eigenvalue weighted by atomic mass is 9.83. The Balaban J connectivity index is 1.85. The second-order valence-corrected chi connectivity index (χ2v) is 5.74. The van der Waals surface area contributed by atoms with E-state index in [1.54, 1.807) is 0 Å². The first-order chi connectivity index (χ1) is 9.74. The average molecular weight is 275 g/mol. The highest BCUT2D eigenvalue weighted by atomic mass is 16.3. The van der Waals surface area contributed by atoms with Gasteiger partial charge in [0.15, 0.2) is 0 Å². The number of aliphatic hydroxyl groups is 1. The SMILES string of the molecule is CCC(CCO)CNC(=O)C1CCc2ccccc2C1. The van der Waals surface area contributed by atoms with Crippen LogP contribution < -0.4 is 5.32 Å². The molecule has 0 aliphatic heterocycles. The molecule has 0 bridgehead atoms. The fourth-order valence-electron chi connectivity index (χ4n) is 2.94. The van der Waals surface area contributed by atoms with Crippen LogP contribution in [-0.4, -0.2) is 24.2 Å². The highest BCUT2D eigenvalue weighted by Crippen LogP contribution is 2.25. The maximum Gasteiger partial charge on any atom is 0.223 e. The zero-order chi connectivity index (χ0) is 14.4. The van der Waals surface area contributed by atoms with E-state index < -0.39 is 0 Å². The van der Waals surface area contributed by atoms with Crippen molar-refractivity contribution >= 4 is 5.91 Å². The molecule has 0 radical (unpaired) electrons. The van der Waals surface area contributed by atoms with E-state index in [1.807, 2.05) is 6.07 Å². The zero-order valence-electron chi connectivity index (χ0n) is 12.3. The number of fused-ring (bicyclic) bond motifs is 1. The van der Waals surface area contributed by atoms with Crippen LogP contribution in [0.25, 0.3) is 0 Å². The van der Waals surface area contributed by atoms with Crippen molar-refractivity contribution in [2.24, 2.45) is 11.8 Å². The molecule has 1 aromatic rings. The Hall–Kier alpha value is -1.35. The molecule has 0 saturated carbocycles. The van der Waals surface area contributed by atoms with Crippen LogP contribution in [0.15, 0.2) is 24.3 Å². The summed E-state index contributed by atoms with van der Waals surface area (Å²) in [6.45, 7) is 2.99. The standard InChI is InChI=1S/C17H25NO2/c1-2-13(9-10-19)12-18-17(20)16-8-7-14-5-3-4-6-15(14)11-16/h3-6,13,16,19H,2,7-12H2,1H3,(H,18,20). The molecule has 0 heterocycles. The van der Waals surface area contributed by atoms with E-state index in [1.165, 1.54) is 11.1 Å². The van der Waals surface area contributed by atoms with Crippen LogP contribution in [0, 0.1) is 11.8 Å². The van der Waals surface area contributed by atoms with E-state index in [-0.39, 0.29) is 18.4 Å². The summed E-state index contributed by atoms with van der Waals surface area (Å²) in [5.74, 6) is 0.673. The molecule has 1 aliphatic rings. The third-order valence-electron chi connectivity index (χ3n) is 4.40. The molecule has 2 atom stereocenters. The molecule has 1 amide bonds. The van der Waals surface area contributed by atoms with Gasteiger partial charge in [0.25, 0.3) is 0 Å². The molecule has 0 fully saturated rings. The number of carbonyl (C=O) groups excluding carboxylic acids is 1. The molecule has 1 aliphatic carbocycles. The fraction of sp³-hybridized carbons (Fsp3) is 0.588. The Morgan fingerprint density at radius 3 is 2.85 bits per heavy atom. The molecule has 0 aromatic heterocycles. The fourth-order valence-corrected chi connectivity index (χ4v) is 2.94. The number of hydrogen-bond donors (Lipinski definition) is 2. The van der Waals surface area contributed by atoms with E-state index in [4.69, 9.17) is 5.11 Å². The molecule has 2 N–H and O–H groups in total. The molecule has 0 saturated heterocycles. The summed E-state index contributed by atoms with van der Waals surface area (Å²) < 4.78 is 0. The number of aryl methyl sites for hydroxylation is 1. The number of benzene rings is 1. The Kier molecular flexibility index (Phi) is 5.60. The normalized spacial score (nSPS) is 19.2. The van der Waals surface area contributed by atoms with Crippen LogP contribution in [0.2, 0.25) is 0 Å². The van der Waals surface area contributed by atoms with Crippen molar-refractivity contribution in [2.45, 2.75) is 39.0 Å². The van der Waals surface area contributed by atoms with Crippen LogP contribution >= 0.6 is 0 Å². The summed E-state index contributed by atoms with van der Waals surface area (Å²) in [7, 11) is 0. The molecule has 0 spiro atoms. The summed E-state index contributed by atoms with van der Waals surface area (Å²) in [5, 5.41) is 12.0. The van der Waals surface area contributed by atoms with Gasteiger partial charge >= 0.3 is 0 Å². The van der Waals surface area contributed by atoms with Gasteiger partial charge in [-0.05, 0) is 42.7 Å². The summed E-state index contributed by atoms with van der Waals surface area (Å²) >= 11 is 0. The van der Waals surface area contributed by atoms with Gasteiger partial charge in [-0.15, -0.1) is 0 Å². The number of nitrogens with one attached hydrogen (secondary N) is 1. The molecular formula is C17H25NO2. The molecule has 1 aromatic carbocycles. The lowest BCUT2D eigenvalue weighted by Crippen LogP contribution is -2.37. The van der Waals surface area contributed by atoms with Crippen molar-refractivity contribution < 1.29 is 9.90 Å². The largest absolute Gasteiger partial charge is 0.396 e. The Labute approximate surface area is 121 Å². The predicted molar refractivity (Wildman–Crippen MR) is 80.5 cm³/mol. The van der Waals surface area contributed by atoms with Gasteiger partial charge in [-0.1, -0.05) is 37.6 Å². The van der Waals surface area contributed by atoms with Crippen molar-refractivity contribution in [3.63, 3.8) is 0 Å². The van der Waals surface area contributed by atoms with E-state index in [0.717, 1.165) is 32.1 Å². The molecule has 2 unspecified atom stereocenters.